The number of nitrogens with one attached hydrogen (secondary N) is 1. The van der Waals surface area contributed by atoms with Crippen molar-refractivity contribution in [1.82, 2.24) is 15.0 Å². The van der Waals surface area contributed by atoms with E-state index in [-0.39, 0.29) is 0 Å². The fraction of sp³-hybridized carbons (Fsp3) is 0.0952. The molecule has 0 fully saturated rings. The number of rotatable bonds is 5. The van der Waals surface area contributed by atoms with Crippen molar-refractivity contribution in [2.45, 2.75) is 0 Å². The number of nitrogen functional groups attached to an aromatic ring is 1. The number of methoxy groups -OCH3 is 2. The number of fused-ring (bicyclic) bond motifs is 1. The smallest absolute Gasteiger partial charge is 0.229 e. The molecule has 0 spiro atoms. The molecular formula is C21H19N5O2. The second-order valence-electron chi connectivity index (χ2n) is 6.04. The third kappa shape index (κ3) is 3.14. The van der Waals surface area contributed by atoms with Gasteiger partial charge in [0.05, 0.1) is 25.1 Å². The van der Waals surface area contributed by atoms with Crippen LogP contribution in [-0.4, -0.2) is 29.2 Å². The number of hydrogen-bond acceptors (Lipinski definition) is 7. The maximum Gasteiger partial charge on any atom is 0.229 e. The molecule has 0 aliphatic carbocycles. The minimum atomic E-state index is 0.348. The van der Waals surface area contributed by atoms with Crippen LogP contribution in [0.5, 0.6) is 11.5 Å². The van der Waals surface area contributed by atoms with Crippen LogP contribution < -0.4 is 20.5 Å². The number of anilines is 3. The Bertz CT molecular complexity index is 1120. The van der Waals surface area contributed by atoms with Gasteiger partial charge >= 0.3 is 0 Å². The Morgan fingerprint density at radius 3 is 2.36 bits per heavy atom. The topological polar surface area (TPSA) is 95.2 Å². The normalized spacial score (nSPS) is 10.6. The second-order valence-corrected chi connectivity index (χ2v) is 6.04. The van der Waals surface area contributed by atoms with Gasteiger partial charge in [-0.15, -0.1) is 0 Å². The highest BCUT2D eigenvalue weighted by molar-refractivity contribution is 6.05. The summed E-state index contributed by atoms with van der Waals surface area (Å²) in [6.07, 6.45) is 3.38. The average molecular weight is 373 g/mol. The van der Waals surface area contributed by atoms with Crippen LogP contribution in [0.4, 0.5) is 17.5 Å². The lowest BCUT2D eigenvalue weighted by Gasteiger charge is -2.17. The zero-order chi connectivity index (χ0) is 19.5. The van der Waals surface area contributed by atoms with Gasteiger partial charge in [0.15, 0.2) is 11.5 Å². The number of nitrogens with two attached hydrogens (primary N) is 1. The molecule has 140 valence electrons. The molecule has 0 radical (unpaired) electrons. The number of benzene rings is 2. The van der Waals surface area contributed by atoms with Crippen LogP contribution in [0.3, 0.4) is 0 Å². The Labute approximate surface area is 162 Å². The summed E-state index contributed by atoms with van der Waals surface area (Å²) in [6.45, 7) is 0. The molecule has 2 aromatic carbocycles. The highest BCUT2D eigenvalue weighted by Gasteiger charge is 2.20. The number of nitrogens with zero attached hydrogens (tertiary/aromatic N) is 3. The number of hydrogen-bond donors (Lipinski definition) is 2. The Kier molecular flexibility index (Phi) is 4.63. The van der Waals surface area contributed by atoms with Crippen LogP contribution >= 0.6 is 0 Å². The second kappa shape index (κ2) is 7.40. The number of aromatic nitrogens is 3. The highest BCUT2D eigenvalue weighted by atomic mass is 16.5. The van der Waals surface area contributed by atoms with E-state index in [4.69, 9.17) is 15.2 Å². The lowest BCUT2D eigenvalue weighted by Crippen LogP contribution is -2.04. The summed E-state index contributed by atoms with van der Waals surface area (Å²) in [4.78, 5) is 13.1. The van der Waals surface area contributed by atoms with Crippen molar-refractivity contribution in [1.29, 1.82) is 0 Å². The summed E-state index contributed by atoms with van der Waals surface area (Å²) in [5.74, 6) is 1.90. The van der Waals surface area contributed by atoms with Crippen molar-refractivity contribution in [2.24, 2.45) is 0 Å². The average Bonchev–Trinajstić information content (AvgIpc) is 2.73. The molecule has 2 aromatic heterocycles. The standard InChI is InChI=1S/C21H19N5O2/c1-27-16-12-15-18(17(19(16)28-2)13-6-4-3-5-7-13)20(22)26-21(25-15)24-14-8-10-23-11-9-14/h3-12H,1-2H3,(H3,22,23,24,25,26). The fourth-order valence-electron chi connectivity index (χ4n) is 3.14. The first-order valence-electron chi connectivity index (χ1n) is 8.66. The van der Waals surface area contributed by atoms with Gasteiger partial charge in [-0.1, -0.05) is 30.3 Å². The summed E-state index contributed by atoms with van der Waals surface area (Å²) in [5.41, 5.74) is 9.57. The molecule has 0 aliphatic heterocycles. The van der Waals surface area contributed by atoms with Gasteiger partial charge in [0, 0.05) is 29.7 Å². The monoisotopic (exact) mass is 373 g/mol. The maximum atomic E-state index is 6.36. The zero-order valence-corrected chi connectivity index (χ0v) is 15.5. The van der Waals surface area contributed by atoms with Gasteiger partial charge < -0.3 is 20.5 Å². The molecule has 0 aliphatic rings. The van der Waals surface area contributed by atoms with E-state index in [1.807, 2.05) is 42.5 Å². The molecule has 28 heavy (non-hydrogen) atoms. The third-order valence-electron chi connectivity index (χ3n) is 4.36. The molecule has 3 N–H and O–H groups in total. The van der Waals surface area contributed by atoms with E-state index in [2.05, 4.69) is 20.3 Å². The van der Waals surface area contributed by atoms with E-state index in [0.29, 0.717) is 34.2 Å². The van der Waals surface area contributed by atoms with Crippen LogP contribution in [0.2, 0.25) is 0 Å². The van der Waals surface area contributed by atoms with Gasteiger partial charge in [-0.25, -0.2) is 4.98 Å². The van der Waals surface area contributed by atoms with Crippen molar-refractivity contribution in [2.75, 3.05) is 25.3 Å². The molecule has 0 unspecified atom stereocenters. The first kappa shape index (κ1) is 17.5. The van der Waals surface area contributed by atoms with Gasteiger partial charge in [-0.3, -0.25) is 4.98 Å². The van der Waals surface area contributed by atoms with E-state index in [0.717, 1.165) is 16.8 Å². The Morgan fingerprint density at radius 1 is 0.929 bits per heavy atom. The van der Waals surface area contributed by atoms with Gasteiger partial charge in [0.1, 0.15) is 5.82 Å². The van der Waals surface area contributed by atoms with Crippen LogP contribution in [0, 0.1) is 0 Å². The largest absolute Gasteiger partial charge is 0.493 e. The summed E-state index contributed by atoms with van der Waals surface area (Å²) >= 11 is 0. The fourth-order valence-corrected chi connectivity index (χ4v) is 3.14. The molecule has 0 atom stereocenters. The zero-order valence-electron chi connectivity index (χ0n) is 15.5. The van der Waals surface area contributed by atoms with Crippen LogP contribution in [0.25, 0.3) is 22.0 Å². The Morgan fingerprint density at radius 2 is 1.68 bits per heavy atom. The van der Waals surface area contributed by atoms with Crippen LogP contribution in [0.1, 0.15) is 0 Å². The van der Waals surface area contributed by atoms with Crippen molar-refractivity contribution in [3.8, 4) is 22.6 Å². The van der Waals surface area contributed by atoms with Gasteiger partial charge in [-0.2, -0.15) is 4.98 Å². The third-order valence-corrected chi connectivity index (χ3v) is 4.36. The quantitative estimate of drug-likeness (QED) is 0.545. The molecule has 7 heteroatoms. The van der Waals surface area contributed by atoms with E-state index in [1.54, 1.807) is 32.7 Å². The van der Waals surface area contributed by atoms with Gasteiger partial charge in [0.2, 0.25) is 5.95 Å². The highest BCUT2D eigenvalue weighted by Crippen LogP contribution is 2.45. The first-order valence-corrected chi connectivity index (χ1v) is 8.66. The number of ether oxygens (including phenoxy) is 2. The van der Waals surface area contributed by atoms with Gasteiger partial charge in [0.25, 0.3) is 0 Å². The summed E-state index contributed by atoms with van der Waals surface area (Å²) in [5, 5.41) is 3.86. The summed E-state index contributed by atoms with van der Waals surface area (Å²) in [6, 6.07) is 15.3. The van der Waals surface area contributed by atoms with E-state index >= 15 is 0 Å². The van der Waals surface area contributed by atoms with Gasteiger partial charge in [-0.05, 0) is 17.7 Å². The molecule has 0 saturated carbocycles. The molecule has 0 amide bonds. The van der Waals surface area contributed by atoms with Crippen molar-refractivity contribution >= 4 is 28.4 Å². The minimum Gasteiger partial charge on any atom is -0.493 e. The van der Waals surface area contributed by atoms with Crippen LogP contribution in [-0.2, 0) is 0 Å². The van der Waals surface area contributed by atoms with E-state index in [1.165, 1.54) is 0 Å². The lowest BCUT2D eigenvalue weighted by atomic mass is 9.99. The molecule has 0 bridgehead atoms. The SMILES string of the molecule is COc1cc2nc(Nc3ccncc3)nc(N)c2c(-c2ccccc2)c1OC. The first-order chi connectivity index (χ1) is 13.7. The van der Waals surface area contributed by atoms with Crippen molar-refractivity contribution in [3.05, 3.63) is 60.9 Å². The maximum absolute atomic E-state index is 6.36. The van der Waals surface area contributed by atoms with Crippen molar-refractivity contribution in [3.63, 3.8) is 0 Å². The molecule has 2 heterocycles. The molecule has 4 aromatic rings. The van der Waals surface area contributed by atoms with Crippen LogP contribution in [0.15, 0.2) is 60.9 Å². The predicted octanol–water partition coefficient (Wildman–Crippen LogP) is 4.03. The minimum absolute atomic E-state index is 0.348. The number of pyridine rings is 1. The molecule has 4 rings (SSSR count). The van der Waals surface area contributed by atoms with E-state index in [9.17, 15) is 0 Å². The predicted molar refractivity (Wildman–Crippen MR) is 110 cm³/mol. The Balaban J connectivity index is 1.96. The Hall–Kier alpha value is -3.87. The van der Waals surface area contributed by atoms with E-state index < -0.39 is 0 Å². The molecular weight excluding hydrogens is 354 g/mol. The lowest BCUT2D eigenvalue weighted by molar-refractivity contribution is 0.357. The molecule has 7 nitrogen and oxygen atoms in total. The summed E-state index contributed by atoms with van der Waals surface area (Å²) < 4.78 is 11.2. The summed E-state index contributed by atoms with van der Waals surface area (Å²) in [7, 11) is 3.20. The van der Waals surface area contributed by atoms with Crippen molar-refractivity contribution < 1.29 is 9.47 Å². The molecule has 0 saturated heterocycles.